The van der Waals surface area contributed by atoms with Crippen LogP contribution in [0.1, 0.15) is 33.3 Å². The molecule has 1 N–H and O–H groups in total. The van der Waals surface area contributed by atoms with Gasteiger partial charge in [-0.25, -0.2) is 4.79 Å². The number of nitrogens with one attached hydrogen (secondary N) is 1. The molecule has 0 aromatic heterocycles. The highest BCUT2D eigenvalue weighted by Gasteiger charge is 2.16. The zero-order chi connectivity index (χ0) is 14.5. The van der Waals surface area contributed by atoms with Crippen LogP contribution in [-0.4, -0.2) is 18.3 Å². The molecule has 0 aliphatic heterocycles. The van der Waals surface area contributed by atoms with E-state index >= 15 is 0 Å². The Hall–Kier alpha value is -1.42. The van der Waals surface area contributed by atoms with Gasteiger partial charge in [-0.2, -0.15) is 0 Å². The van der Waals surface area contributed by atoms with Crippen molar-refractivity contribution in [3.63, 3.8) is 0 Å². The molecule has 5 heteroatoms. The summed E-state index contributed by atoms with van der Waals surface area (Å²) in [6.45, 7) is 8.22. The molecule has 0 fully saturated rings. The SMILES string of the molecule is CCOc1ccc(Cl)cc1CNC(=O)OC(C)(C)C. The van der Waals surface area contributed by atoms with E-state index in [0.29, 0.717) is 23.9 Å². The van der Waals surface area contributed by atoms with Crippen molar-refractivity contribution in [2.75, 3.05) is 6.61 Å². The molecule has 1 rings (SSSR count). The molecule has 0 atom stereocenters. The van der Waals surface area contributed by atoms with E-state index in [0.717, 1.165) is 5.56 Å². The van der Waals surface area contributed by atoms with E-state index in [1.165, 1.54) is 0 Å². The molecule has 0 unspecified atom stereocenters. The Kier molecular flexibility index (Phi) is 5.48. The molecule has 0 spiro atoms. The second kappa shape index (κ2) is 6.66. The van der Waals surface area contributed by atoms with E-state index in [4.69, 9.17) is 21.1 Å². The Bertz CT molecular complexity index is 441. The van der Waals surface area contributed by atoms with Crippen molar-refractivity contribution < 1.29 is 14.3 Å². The summed E-state index contributed by atoms with van der Waals surface area (Å²) < 4.78 is 10.6. The molecule has 0 bridgehead atoms. The van der Waals surface area contributed by atoms with Crippen LogP contribution >= 0.6 is 11.6 Å². The number of ether oxygens (including phenoxy) is 2. The van der Waals surface area contributed by atoms with E-state index in [1.54, 1.807) is 18.2 Å². The lowest BCUT2D eigenvalue weighted by Gasteiger charge is -2.20. The van der Waals surface area contributed by atoms with Gasteiger partial charge in [0.25, 0.3) is 0 Å². The molecule has 4 nitrogen and oxygen atoms in total. The highest BCUT2D eigenvalue weighted by molar-refractivity contribution is 6.30. The maximum atomic E-state index is 11.6. The van der Waals surface area contributed by atoms with Crippen LogP contribution in [0.5, 0.6) is 5.75 Å². The van der Waals surface area contributed by atoms with E-state index in [2.05, 4.69) is 5.32 Å². The van der Waals surface area contributed by atoms with E-state index in [1.807, 2.05) is 27.7 Å². The maximum Gasteiger partial charge on any atom is 0.407 e. The van der Waals surface area contributed by atoms with Gasteiger partial charge in [0.2, 0.25) is 0 Å². The van der Waals surface area contributed by atoms with Crippen LogP contribution < -0.4 is 10.1 Å². The molecule has 0 aliphatic rings. The Morgan fingerprint density at radius 3 is 2.63 bits per heavy atom. The van der Waals surface area contributed by atoms with Crippen LogP contribution in [0.25, 0.3) is 0 Å². The highest BCUT2D eigenvalue weighted by Crippen LogP contribution is 2.23. The molecular formula is C14H20ClNO3. The van der Waals surface area contributed by atoms with Gasteiger partial charge in [0.05, 0.1) is 6.61 Å². The van der Waals surface area contributed by atoms with Gasteiger partial charge < -0.3 is 14.8 Å². The van der Waals surface area contributed by atoms with Crippen LogP contribution in [0.4, 0.5) is 4.79 Å². The second-order valence-corrected chi connectivity index (χ2v) is 5.48. The fraction of sp³-hybridized carbons (Fsp3) is 0.500. The van der Waals surface area contributed by atoms with Crippen molar-refractivity contribution in [3.05, 3.63) is 28.8 Å². The van der Waals surface area contributed by atoms with Gasteiger partial charge in [0, 0.05) is 17.1 Å². The van der Waals surface area contributed by atoms with Gasteiger partial charge in [-0.05, 0) is 45.9 Å². The summed E-state index contributed by atoms with van der Waals surface area (Å²) in [5.74, 6) is 0.711. The summed E-state index contributed by atoms with van der Waals surface area (Å²) in [6, 6.07) is 5.31. The van der Waals surface area contributed by atoms with Gasteiger partial charge in [-0.15, -0.1) is 0 Å². The van der Waals surface area contributed by atoms with Gasteiger partial charge in [0.15, 0.2) is 0 Å². The topological polar surface area (TPSA) is 47.6 Å². The van der Waals surface area contributed by atoms with Crippen LogP contribution in [0.3, 0.4) is 0 Å². The van der Waals surface area contributed by atoms with Crippen LogP contribution in [0, 0.1) is 0 Å². The lowest BCUT2D eigenvalue weighted by atomic mass is 10.2. The second-order valence-electron chi connectivity index (χ2n) is 5.04. The van der Waals surface area contributed by atoms with E-state index in [-0.39, 0.29) is 0 Å². The fourth-order valence-electron chi connectivity index (χ4n) is 1.46. The molecule has 106 valence electrons. The predicted octanol–water partition coefficient (Wildman–Crippen LogP) is 3.76. The minimum absolute atomic E-state index is 0.310. The molecule has 1 amide bonds. The van der Waals surface area contributed by atoms with Gasteiger partial charge in [-0.3, -0.25) is 0 Å². The summed E-state index contributed by atoms with van der Waals surface area (Å²) in [4.78, 5) is 11.6. The van der Waals surface area contributed by atoms with Gasteiger partial charge in [0.1, 0.15) is 11.4 Å². The number of halogens is 1. The Balaban J connectivity index is 2.66. The van der Waals surface area contributed by atoms with Crippen LogP contribution in [0.15, 0.2) is 18.2 Å². The van der Waals surface area contributed by atoms with E-state index < -0.39 is 11.7 Å². The smallest absolute Gasteiger partial charge is 0.407 e. The maximum absolute atomic E-state index is 11.6. The molecule has 1 aromatic carbocycles. The quantitative estimate of drug-likeness (QED) is 0.916. The average Bonchev–Trinajstić information content (AvgIpc) is 2.27. The largest absolute Gasteiger partial charge is 0.494 e. The number of alkyl carbamates (subject to hydrolysis) is 1. The summed E-state index contributed by atoms with van der Waals surface area (Å²) in [6.07, 6.45) is -0.463. The third kappa shape index (κ3) is 5.83. The lowest BCUT2D eigenvalue weighted by Crippen LogP contribution is -2.32. The fourth-order valence-corrected chi connectivity index (χ4v) is 1.66. The van der Waals surface area contributed by atoms with Crippen molar-refractivity contribution in [1.82, 2.24) is 5.32 Å². The molecule has 0 heterocycles. The zero-order valence-corrected chi connectivity index (χ0v) is 12.5. The highest BCUT2D eigenvalue weighted by atomic mass is 35.5. The average molecular weight is 286 g/mol. The molecule has 0 saturated heterocycles. The molecule has 0 radical (unpaired) electrons. The zero-order valence-electron chi connectivity index (χ0n) is 11.7. The van der Waals surface area contributed by atoms with Crippen LogP contribution in [0.2, 0.25) is 5.02 Å². The monoisotopic (exact) mass is 285 g/mol. The minimum atomic E-state index is -0.513. The summed E-state index contributed by atoms with van der Waals surface area (Å²) in [7, 11) is 0. The Labute approximate surface area is 119 Å². The first-order valence-corrected chi connectivity index (χ1v) is 6.57. The van der Waals surface area contributed by atoms with Crippen molar-refractivity contribution >= 4 is 17.7 Å². The lowest BCUT2D eigenvalue weighted by molar-refractivity contribution is 0.0523. The van der Waals surface area contributed by atoms with Gasteiger partial charge in [-0.1, -0.05) is 11.6 Å². The first-order valence-electron chi connectivity index (χ1n) is 6.20. The summed E-state index contributed by atoms with van der Waals surface area (Å²) in [5, 5.41) is 3.28. The standard InChI is InChI=1S/C14H20ClNO3/c1-5-18-12-7-6-11(15)8-10(12)9-16-13(17)19-14(2,3)4/h6-8H,5,9H2,1-4H3,(H,16,17). The van der Waals surface area contributed by atoms with Crippen LogP contribution in [-0.2, 0) is 11.3 Å². The molecular weight excluding hydrogens is 266 g/mol. The third-order valence-corrected chi connectivity index (χ3v) is 2.38. The van der Waals surface area contributed by atoms with E-state index in [9.17, 15) is 4.79 Å². The number of hydrogen-bond acceptors (Lipinski definition) is 3. The number of hydrogen-bond donors (Lipinski definition) is 1. The number of rotatable bonds is 4. The first kappa shape index (κ1) is 15.6. The number of carbonyl (C=O) groups is 1. The number of benzene rings is 1. The molecule has 0 aliphatic carbocycles. The summed E-state index contributed by atoms with van der Waals surface area (Å²) in [5.41, 5.74) is 0.307. The third-order valence-electron chi connectivity index (χ3n) is 2.14. The Morgan fingerprint density at radius 1 is 1.37 bits per heavy atom. The minimum Gasteiger partial charge on any atom is -0.494 e. The van der Waals surface area contributed by atoms with Crippen molar-refractivity contribution in [2.45, 2.75) is 39.8 Å². The van der Waals surface area contributed by atoms with Crippen molar-refractivity contribution in [3.8, 4) is 5.75 Å². The predicted molar refractivity (Wildman–Crippen MR) is 75.7 cm³/mol. The molecule has 1 aromatic rings. The van der Waals surface area contributed by atoms with Crippen molar-refractivity contribution in [1.29, 1.82) is 0 Å². The molecule has 19 heavy (non-hydrogen) atoms. The normalized spacial score (nSPS) is 11.0. The Morgan fingerprint density at radius 2 is 2.05 bits per heavy atom. The number of carbonyl (C=O) groups excluding carboxylic acids is 1. The molecule has 0 saturated carbocycles. The van der Waals surface area contributed by atoms with Crippen molar-refractivity contribution in [2.24, 2.45) is 0 Å². The van der Waals surface area contributed by atoms with Gasteiger partial charge >= 0.3 is 6.09 Å². The summed E-state index contributed by atoms with van der Waals surface area (Å²) >= 11 is 5.94. The first-order chi connectivity index (χ1) is 8.81. The number of amides is 1.